The number of amides is 1. The van der Waals surface area contributed by atoms with Gasteiger partial charge in [-0.25, -0.2) is 8.78 Å². The van der Waals surface area contributed by atoms with Crippen LogP contribution in [-0.4, -0.2) is 30.4 Å². The van der Waals surface area contributed by atoms with Crippen LogP contribution in [0.1, 0.15) is 19.8 Å². The Kier molecular flexibility index (Phi) is 4.35. The molecule has 1 amide bonds. The number of anilines is 1. The van der Waals surface area contributed by atoms with Gasteiger partial charge in [-0.15, -0.1) is 0 Å². The summed E-state index contributed by atoms with van der Waals surface area (Å²) < 4.78 is 25.7. The van der Waals surface area contributed by atoms with Crippen LogP contribution < -0.4 is 5.32 Å². The molecule has 3 nitrogen and oxygen atoms in total. The smallest absolute Gasteiger partial charge is 0.241 e. The van der Waals surface area contributed by atoms with Crippen LogP contribution in [0.3, 0.4) is 0 Å². The maximum absolute atomic E-state index is 13.0. The molecule has 0 radical (unpaired) electrons. The van der Waals surface area contributed by atoms with E-state index in [0.717, 1.165) is 38.1 Å². The summed E-state index contributed by atoms with van der Waals surface area (Å²) in [4.78, 5) is 13.7. The number of halogens is 2. The summed E-state index contributed by atoms with van der Waals surface area (Å²) in [7, 11) is 0. The van der Waals surface area contributed by atoms with Crippen molar-refractivity contribution in [2.45, 2.75) is 19.8 Å². The first-order valence-corrected chi connectivity index (χ1v) is 6.53. The first kappa shape index (κ1) is 13.8. The molecule has 5 heteroatoms. The first-order chi connectivity index (χ1) is 9.06. The zero-order valence-corrected chi connectivity index (χ0v) is 11.0. The molecule has 2 rings (SSSR count). The lowest BCUT2D eigenvalue weighted by molar-refractivity contribution is -0.130. The number of nitrogens with one attached hydrogen (secondary N) is 1. The molecule has 0 aromatic heterocycles. The zero-order chi connectivity index (χ0) is 13.8. The fraction of sp³-hybridized carbons (Fsp3) is 0.500. The van der Waals surface area contributed by atoms with Crippen molar-refractivity contribution >= 4 is 11.6 Å². The van der Waals surface area contributed by atoms with Gasteiger partial charge in [-0.05, 0) is 30.9 Å². The lowest BCUT2D eigenvalue weighted by atomic mass is 9.99. The third kappa shape index (κ3) is 3.66. The van der Waals surface area contributed by atoms with Crippen LogP contribution in [0.2, 0.25) is 0 Å². The quantitative estimate of drug-likeness (QED) is 0.914. The van der Waals surface area contributed by atoms with Crippen molar-refractivity contribution in [2.24, 2.45) is 5.92 Å². The second kappa shape index (κ2) is 5.99. The summed E-state index contributed by atoms with van der Waals surface area (Å²) in [6.07, 6.45) is 2.05. The summed E-state index contributed by atoms with van der Waals surface area (Å²) in [6, 6.07) is 3.52. The van der Waals surface area contributed by atoms with Gasteiger partial charge in [0.15, 0.2) is 11.6 Å². The Hall–Kier alpha value is -1.65. The van der Waals surface area contributed by atoms with Gasteiger partial charge in [0.1, 0.15) is 0 Å². The van der Waals surface area contributed by atoms with Crippen molar-refractivity contribution in [2.75, 3.05) is 25.0 Å². The Labute approximate surface area is 111 Å². The molecule has 0 aliphatic carbocycles. The van der Waals surface area contributed by atoms with Crippen LogP contribution in [-0.2, 0) is 4.79 Å². The van der Waals surface area contributed by atoms with Gasteiger partial charge in [0.2, 0.25) is 5.91 Å². The number of carbonyl (C=O) groups is 1. The van der Waals surface area contributed by atoms with Crippen molar-refractivity contribution in [3.8, 4) is 0 Å². The van der Waals surface area contributed by atoms with Crippen molar-refractivity contribution in [1.29, 1.82) is 0 Å². The fourth-order valence-corrected chi connectivity index (χ4v) is 2.15. The minimum absolute atomic E-state index is 0.00312. The Morgan fingerprint density at radius 3 is 2.63 bits per heavy atom. The zero-order valence-electron chi connectivity index (χ0n) is 11.0. The number of likely N-dealkylation sites (tertiary alicyclic amines) is 1. The highest BCUT2D eigenvalue weighted by Crippen LogP contribution is 2.16. The maximum Gasteiger partial charge on any atom is 0.241 e. The maximum atomic E-state index is 13.0. The molecular weight excluding hydrogens is 250 g/mol. The summed E-state index contributed by atoms with van der Waals surface area (Å²) in [5.41, 5.74) is 0.414. The van der Waals surface area contributed by atoms with Gasteiger partial charge in [-0.1, -0.05) is 6.92 Å². The second-order valence-electron chi connectivity index (χ2n) is 5.05. The molecule has 0 bridgehead atoms. The van der Waals surface area contributed by atoms with Crippen molar-refractivity contribution in [3.63, 3.8) is 0 Å². The van der Waals surface area contributed by atoms with E-state index in [2.05, 4.69) is 12.2 Å². The van der Waals surface area contributed by atoms with E-state index in [1.54, 1.807) is 0 Å². The Balaban J connectivity index is 1.84. The van der Waals surface area contributed by atoms with E-state index < -0.39 is 11.6 Å². The Bertz CT molecular complexity index is 457. The molecule has 1 fully saturated rings. The minimum Gasteiger partial charge on any atom is -0.376 e. The summed E-state index contributed by atoms with van der Waals surface area (Å²) in [6.45, 7) is 3.85. The molecule has 1 aromatic rings. The molecule has 1 heterocycles. The van der Waals surface area contributed by atoms with Crippen LogP contribution in [0.15, 0.2) is 18.2 Å². The van der Waals surface area contributed by atoms with Crippen molar-refractivity contribution < 1.29 is 13.6 Å². The largest absolute Gasteiger partial charge is 0.376 e. The third-order valence-electron chi connectivity index (χ3n) is 3.50. The molecule has 1 N–H and O–H groups in total. The Morgan fingerprint density at radius 2 is 2.00 bits per heavy atom. The molecular formula is C14H18F2N2O. The Morgan fingerprint density at radius 1 is 1.32 bits per heavy atom. The number of nitrogens with zero attached hydrogens (tertiary/aromatic N) is 1. The van der Waals surface area contributed by atoms with E-state index in [4.69, 9.17) is 0 Å². The topological polar surface area (TPSA) is 32.3 Å². The lowest BCUT2D eigenvalue weighted by Crippen LogP contribution is -2.40. The normalized spacial score (nSPS) is 16.5. The van der Waals surface area contributed by atoms with Crippen LogP contribution in [0.5, 0.6) is 0 Å². The highest BCUT2D eigenvalue weighted by molar-refractivity contribution is 5.80. The van der Waals surface area contributed by atoms with Crippen LogP contribution in [0, 0.1) is 17.6 Å². The summed E-state index contributed by atoms with van der Waals surface area (Å²) in [5.74, 6) is -1.13. The average molecular weight is 268 g/mol. The molecule has 1 saturated heterocycles. The van der Waals surface area contributed by atoms with Crippen molar-refractivity contribution in [1.82, 2.24) is 4.90 Å². The molecule has 0 atom stereocenters. The van der Waals surface area contributed by atoms with E-state index in [1.165, 1.54) is 6.07 Å². The highest BCUT2D eigenvalue weighted by atomic mass is 19.2. The predicted octanol–water partition coefficient (Wildman–Crippen LogP) is 2.64. The number of hydrogen-bond acceptors (Lipinski definition) is 2. The number of carbonyl (C=O) groups excluding carboxylic acids is 1. The van der Waals surface area contributed by atoms with Gasteiger partial charge in [0.05, 0.1) is 6.54 Å². The molecule has 1 aromatic carbocycles. The van der Waals surface area contributed by atoms with Gasteiger partial charge >= 0.3 is 0 Å². The second-order valence-corrected chi connectivity index (χ2v) is 5.05. The van der Waals surface area contributed by atoms with E-state index in [1.807, 2.05) is 4.90 Å². The molecule has 0 unspecified atom stereocenters. The van der Waals surface area contributed by atoms with E-state index in [0.29, 0.717) is 11.6 Å². The number of piperidine rings is 1. The van der Waals surface area contributed by atoms with Crippen LogP contribution >= 0.6 is 0 Å². The van der Waals surface area contributed by atoms with Gasteiger partial charge in [-0.3, -0.25) is 4.79 Å². The summed E-state index contributed by atoms with van der Waals surface area (Å²) >= 11 is 0. The van der Waals surface area contributed by atoms with Crippen LogP contribution in [0.4, 0.5) is 14.5 Å². The number of rotatable bonds is 3. The molecule has 19 heavy (non-hydrogen) atoms. The summed E-state index contributed by atoms with van der Waals surface area (Å²) in [5, 5.41) is 2.82. The predicted molar refractivity (Wildman–Crippen MR) is 69.8 cm³/mol. The minimum atomic E-state index is -0.913. The molecule has 1 aliphatic heterocycles. The molecule has 0 spiro atoms. The van der Waals surface area contributed by atoms with E-state index in [9.17, 15) is 13.6 Å². The number of hydrogen-bond donors (Lipinski definition) is 1. The molecule has 104 valence electrons. The average Bonchev–Trinajstić information content (AvgIpc) is 2.40. The SMILES string of the molecule is CC1CCN(C(=O)CNc2ccc(F)c(F)c2)CC1. The van der Waals surface area contributed by atoms with Crippen LogP contribution in [0.25, 0.3) is 0 Å². The lowest BCUT2D eigenvalue weighted by Gasteiger charge is -2.30. The molecule has 0 saturated carbocycles. The van der Waals surface area contributed by atoms with Gasteiger partial charge in [0, 0.05) is 24.8 Å². The third-order valence-corrected chi connectivity index (χ3v) is 3.50. The van der Waals surface area contributed by atoms with E-state index in [-0.39, 0.29) is 12.5 Å². The van der Waals surface area contributed by atoms with Gasteiger partial charge < -0.3 is 10.2 Å². The fourth-order valence-electron chi connectivity index (χ4n) is 2.15. The van der Waals surface area contributed by atoms with Gasteiger partial charge in [0.25, 0.3) is 0 Å². The standard InChI is InChI=1S/C14H18F2N2O/c1-10-4-6-18(7-5-10)14(19)9-17-11-2-3-12(15)13(16)8-11/h2-3,8,10,17H,4-7,9H2,1H3. The monoisotopic (exact) mass is 268 g/mol. The molecule has 1 aliphatic rings. The number of benzene rings is 1. The first-order valence-electron chi connectivity index (χ1n) is 6.53. The van der Waals surface area contributed by atoms with Crippen molar-refractivity contribution in [3.05, 3.63) is 29.8 Å². The highest BCUT2D eigenvalue weighted by Gasteiger charge is 2.19. The van der Waals surface area contributed by atoms with E-state index >= 15 is 0 Å². The van der Waals surface area contributed by atoms with Gasteiger partial charge in [-0.2, -0.15) is 0 Å².